The number of guanidine groups is 1. The molecule has 1 fully saturated rings. The number of anilines is 1. The highest BCUT2D eigenvalue weighted by molar-refractivity contribution is 6.35. The molecule has 2 aromatic rings. The van der Waals surface area contributed by atoms with E-state index < -0.39 is 0 Å². The molecule has 0 amide bonds. The lowest BCUT2D eigenvalue weighted by Gasteiger charge is -2.42. The molecule has 3 rings (SSSR count). The van der Waals surface area contributed by atoms with Crippen LogP contribution in [0, 0.1) is 0 Å². The Bertz CT molecular complexity index is 712. The predicted octanol–water partition coefficient (Wildman–Crippen LogP) is 4.24. The van der Waals surface area contributed by atoms with Crippen LogP contribution in [0.5, 0.6) is 0 Å². The minimum atomic E-state index is -0.0436. The van der Waals surface area contributed by atoms with Gasteiger partial charge in [-0.1, -0.05) is 41.8 Å². The number of nitrogens with two attached hydrogens (primary N) is 1. The molecule has 1 aliphatic carbocycles. The van der Waals surface area contributed by atoms with Crippen molar-refractivity contribution in [3.8, 4) is 0 Å². The van der Waals surface area contributed by atoms with Crippen LogP contribution in [0.4, 0.5) is 5.82 Å². The van der Waals surface area contributed by atoms with Crippen LogP contribution in [-0.4, -0.2) is 17.5 Å². The Morgan fingerprint density at radius 2 is 2.09 bits per heavy atom. The normalized spacial score (nSPS) is 16.7. The number of halogens is 2. The number of hydrogen-bond acceptors (Lipinski definition) is 2. The van der Waals surface area contributed by atoms with E-state index in [1.165, 1.54) is 6.42 Å². The van der Waals surface area contributed by atoms with Crippen molar-refractivity contribution in [2.75, 3.05) is 11.9 Å². The van der Waals surface area contributed by atoms with Gasteiger partial charge in [0.2, 0.25) is 0 Å². The Morgan fingerprint density at radius 3 is 2.70 bits per heavy atom. The van der Waals surface area contributed by atoms with E-state index in [1.54, 1.807) is 12.3 Å². The molecule has 3 N–H and O–H groups in total. The van der Waals surface area contributed by atoms with E-state index in [0.717, 1.165) is 18.4 Å². The molecule has 4 nitrogen and oxygen atoms in total. The number of aromatic nitrogens is 1. The first kappa shape index (κ1) is 16.1. The van der Waals surface area contributed by atoms with Gasteiger partial charge in [-0.25, -0.2) is 4.98 Å². The fraction of sp³-hybridized carbons (Fsp3) is 0.294. The lowest BCUT2D eigenvalue weighted by atomic mass is 9.64. The van der Waals surface area contributed by atoms with E-state index in [1.807, 2.05) is 30.3 Å². The zero-order valence-electron chi connectivity index (χ0n) is 12.6. The summed E-state index contributed by atoms with van der Waals surface area (Å²) in [6.45, 7) is 0.597. The number of benzene rings is 1. The second-order valence-corrected chi connectivity index (χ2v) is 6.64. The van der Waals surface area contributed by atoms with Crippen LogP contribution in [0.1, 0.15) is 24.8 Å². The highest BCUT2D eigenvalue weighted by Gasteiger charge is 2.40. The molecule has 0 unspecified atom stereocenters. The summed E-state index contributed by atoms with van der Waals surface area (Å²) in [5, 5.41) is 4.34. The van der Waals surface area contributed by atoms with Crippen LogP contribution >= 0.6 is 23.2 Å². The standard InChI is InChI=1S/C17H18Cl2N4/c18-12-5-6-13(14(19)10-12)17(7-3-8-17)11-22-16(20)23-15-4-1-2-9-21-15/h1-2,4-6,9-10H,3,7-8,11H2,(H3,20,21,22,23). The number of aliphatic imine (C=N–C) groups is 1. The van der Waals surface area contributed by atoms with Gasteiger partial charge in [0.05, 0.1) is 6.54 Å². The van der Waals surface area contributed by atoms with Crippen molar-refractivity contribution in [1.82, 2.24) is 4.98 Å². The zero-order valence-corrected chi connectivity index (χ0v) is 14.1. The Morgan fingerprint density at radius 1 is 1.26 bits per heavy atom. The summed E-state index contributed by atoms with van der Waals surface area (Å²) in [4.78, 5) is 8.68. The van der Waals surface area contributed by atoms with Crippen molar-refractivity contribution in [1.29, 1.82) is 0 Å². The summed E-state index contributed by atoms with van der Waals surface area (Å²) in [6.07, 6.45) is 4.97. The smallest absolute Gasteiger partial charge is 0.194 e. The van der Waals surface area contributed by atoms with Crippen molar-refractivity contribution < 1.29 is 0 Å². The molecule has 1 heterocycles. The molecule has 0 radical (unpaired) electrons. The fourth-order valence-electron chi connectivity index (χ4n) is 2.88. The third kappa shape index (κ3) is 3.59. The number of pyridine rings is 1. The predicted molar refractivity (Wildman–Crippen MR) is 96.3 cm³/mol. The van der Waals surface area contributed by atoms with Gasteiger partial charge in [-0.3, -0.25) is 4.99 Å². The highest BCUT2D eigenvalue weighted by atomic mass is 35.5. The maximum absolute atomic E-state index is 6.38. The monoisotopic (exact) mass is 348 g/mol. The van der Waals surface area contributed by atoms with E-state index in [4.69, 9.17) is 28.9 Å². The molecular weight excluding hydrogens is 331 g/mol. The van der Waals surface area contributed by atoms with Gasteiger partial charge in [-0.05, 0) is 42.7 Å². The molecule has 0 saturated heterocycles. The van der Waals surface area contributed by atoms with E-state index in [0.29, 0.717) is 28.4 Å². The summed E-state index contributed by atoms with van der Waals surface area (Å²) in [5.41, 5.74) is 7.03. The molecule has 1 aromatic carbocycles. The van der Waals surface area contributed by atoms with E-state index in [9.17, 15) is 0 Å². The molecule has 0 atom stereocenters. The van der Waals surface area contributed by atoms with Gasteiger partial charge in [0.15, 0.2) is 5.96 Å². The van der Waals surface area contributed by atoms with Gasteiger partial charge in [0.1, 0.15) is 5.82 Å². The first-order chi connectivity index (χ1) is 11.1. The molecule has 1 aliphatic rings. The summed E-state index contributed by atoms with van der Waals surface area (Å²) in [6, 6.07) is 11.3. The molecule has 0 bridgehead atoms. The maximum Gasteiger partial charge on any atom is 0.194 e. The third-order valence-electron chi connectivity index (χ3n) is 4.29. The van der Waals surface area contributed by atoms with Gasteiger partial charge >= 0.3 is 0 Å². The Labute approximate surface area is 145 Å². The summed E-state index contributed by atoms with van der Waals surface area (Å²) < 4.78 is 0. The quantitative estimate of drug-likeness (QED) is 0.641. The first-order valence-electron chi connectivity index (χ1n) is 7.53. The minimum absolute atomic E-state index is 0.0436. The van der Waals surface area contributed by atoms with Crippen molar-refractivity contribution >= 4 is 35.0 Å². The SMILES string of the molecule is NC(=NCC1(c2ccc(Cl)cc2Cl)CCC1)Nc1ccccn1. The van der Waals surface area contributed by atoms with Gasteiger partial charge in [0, 0.05) is 21.7 Å². The van der Waals surface area contributed by atoms with Crippen molar-refractivity contribution in [2.24, 2.45) is 10.7 Å². The second kappa shape index (κ2) is 6.77. The molecule has 23 heavy (non-hydrogen) atoms. The molecule has 1 saturated carbocycles. The molecule has 0 aliphatic heterocycles. The number of hydrogen-bond donors (Lipinski definition) is 2. The Kier molecular flexibility index (Phi) is 4.74. The van der Waals surface area contributed by atoms with Crippen molar-refractivity contribution in [2.45, 2.75) is 24.7 Å². The summed E-state index contributed by atoms with van der Waals surface area (Å²) in [7, 11) is 0. The van der Waals surface area contributed by atoms with Crippen LogP contribution in [0.15, 0.2) is 47.6 Å². The van der Waals surface area contributed by atoms with Crippen LogP contribution in [0.25, 0.3) is 0 Å². The Hall–Kier alpha value is -1.78. The fourth-order valence-corrected chi connectivity index (χ4v) is 3.49. The topological polar surface area (TPSA) is 63.3 Å². The summed E-state index contributed by atoms with van der Waals surface area (Å²) >= 11 is 12.4. The average Bonchev–Trinajstić information content (AvgIpc) is 2.49. The maximum atomic E-state index is 6.38. The van der Waals surface area contributed by atoms with Gasteiger partial charge in [-0.2, -0.15) is 0 Å². The summed E-state index contributed by atoms with van der Waals surface area (Å²) in [5.74, 6) is 1.04. The van der Waals surface area contributed by atoms with Gasteiger partial charge < -0.3 is 11.1 Å². The van der Waals surface area contributed by atoms with Crippen LogP contribution in [0.3, 0.4) is 0 Å². The largest absolute Gasteiger partial charge is 0.370 e. The van der Waals surface area contributed by atoms with E-state index in [-0.39, 0.29) is 5.41 Å². The van der Waals surface area contributed by atoms with E-state index >= 15 is 0 Å². The average molecular weight is 349 g/mol. The first-order valence-corrected chi connectivity index (χ1v) is 8.28. The van der Waals surface area contributed by atoms with Crippen molar-refractivity contribution in [3.05, 3.63) is 58.2 Å². The van der Waals surface area contributed by atoms with Crippen LogP contribution in [-0.2, 0) is 5.41 Å². The zero-order chi connectivity index (χ0) is 16.3. The Balaban J connectivity index is 1.75. The molecule has 6 heteroatoms. The minimum Gasteiger partial charge on any atom is -0.370 e. The van der Waals surface area contributed by atoms with E-state index in [2.05, 4.69) is 15.3 Å². The lowest BCUT2D eigenvalue weighted by molar-refractivity contribution is 0.254. The molecule has 120 valence electrons. The number of rotatable bonds is 4. The van der Waals surface area contributed by atoms with Crippen LogP contribution < -0.4 is 11.1 Å². The highest BCUT2D eigenvalue weighted by Crippen LogP contribution is 2.46. The third-order valence-corrected chi connectivity index (χ3v) is 4.83. The number of nitrogens with one attached hydrogen (secondary N) is 1. The number of nitrogens with zero attached hydrogens (tertiary/aromatic N) is 2. The molecular formula is C17H18Cl2N4. The van der Waals surface area contributed by atoms with Gasteiger partial charge in [-0.15, -0.1) is 0 Å². The molecule has 0 spiro atoms. The van der Waals surface area contributed by atoms with Crippen molar-refractivity contribution in [3.63, 3.8) is 0 Å². The molecule has 1 aromatic heterocycles. The lowest BCUT2D eigenvalue weighted by Crippen LogP contribution is -2.39. The van der Waals surface area contributed by atoms with Gasteiger partial charge in [0.25, 0.3) is 0 Å². The second-order valence-electron chi connectivity index (χ2n) is 5.80. The van der Waals surface area contributed by atoms with Crippen LogP contribution in [0.2, 0.25) is 10.0 Å².